The van der Waals surface area contributed by atoms with Crippen molar-refractivity contribution in [3.05, 3.63) is 30.1 Å². The van der Waals surface area contributed by atoms with Crippen LogP contribution in [0.2, 0.25) is 0 Å². The van der Waals surface area contributed by atoms with Crippen molar-refractivity contribution in [1.29, 1.82) is 0 Å². The molecule has 1 fully saturated rings. The van der Waals surface area contributed by atoms with E-state index in [4.69, 9.17) is 4.98 Å². The highest BCUT2D eigenvalue weighted by molar-refractivity contribution is 9.09. The lowest BCUT2D eigenvalue weighted by molar-refractivity contribution is 0.524. The third-order valence-corrected chi connectivity index (χ3v) is 4.66. The number of aromatic nitrogens is 2. The van der Waals surface area contributed by atoms with Crippen LogP contribution < -0.4 is 0 Å². The molecular weight excluding hydrogens is 276 g/mol. The van der Waals surface area contributed by atoms with Gasteiger partial charge in [0.25, 0.3) is 0 Å². The smallest absolute Gasteiger partial charge is 0.109 e. The number of alkyl halides is 1. The summed E-state index contributed by atoms with van der Waals surface area (Å²) >= 11 is 3.72. The Kier molecular flexibility index (Phi) is 2.95. The third-order valence-electron chi connectivity index (χ3n) is 3.83. The van der Waals surface area contributed by atoms with E-state index in [1.54, 1.807) is 0 Å². The maximum absolute atomic E-state index is 4.75. The molecular formula is C14H17BrN2. The van der Waals surface area contributed by atoms with Crippen molar-refractivity contribution in [3.63, 3.8) is 0 Å². The molecule has 0 bridgehead atoms. The van der Waals surface area contributed by atoms with Crippen molar-refractivity contribution in [2.45, 2.75) is 30.5 Å². The minimum Gasteiger partial charge on any atom is -0.331 e. The molecule has 0 saturated heterocycles. The molecule has 2 atom stereocenters. The van der Waals surface area contributed by atoms with Gasteiger partial charge in [0.05, 0.1) is 11.0 Å². The Morgan fingerprint density at radius 2 is 2.18 bits per heavy atom. The fourth-order valence-corrected chi connectivity index (χ4v) is 3.63. The highest BCUT2D eigenvalue weighted by atomic mass is 79.9. The van der Waals surface area contributed by atoms with Gasteiger partial charge >= 0.3 is 0 Å². The predicted molar refractivity (Wildman–Crippen MR) is 74.5 cm³/mol. The average Bonchev–Trinajstić information content (AvgIpc) is 2.86. The van der Waals surface area contributed by atoms with E-state index in [-0.39, 0.29) is 0 Å². The average molecular weight is 293 g/mol. The van der Waals surface area contributed by atoms with Crippen molar-refractivity contribution in [2.24, 2.45) is 13.0 Å². The number of imidazole rings is 1. The van der Waals surface area contributed by atoms with Crippen molar-refractivity contribution in [3.8, 4) is 0 Å². The summed E-state index contributed by atoms with van der Waals surface area (Å²) in [6.07, 6.45) is 5.06. The molecule has 1 aliphatic rings. The minimum absolute atomic E-state index is 0.724. The van der Waals surface area contributed by atoms with E-state index < -0.39 is 0 Å². The predicted octanol–water partition coefficient (Wildman–Crippen LogP) is 3.68. The summed E-state index contributed by atoms with van der Waals surface area (Å²) in [6.45, 7) is 0. The van der Waals surface area contributed by atoms with Crippen LogP contribution in [0.3, 0.4) is 0 Å². The Balaban J connectivity index is 1.88. The fourth-order valence-electron chi connectivity index (χ4n) is 2.84. The molecule has 1 aliphatic carbocycles. The molecule has 2 unspecified atom stereocenters. The molecule has 1 aromatic heterocycles. The lowest BCUT2D eigenvalue weighted by atomic mass is 10.0. The van der Waals surface area contributed by atoms with E-state index in [9.17, 15) is 0 Å². The van der Waals surface area contributed by atoms with Gasteiger partial charge in [0, 0.05) is 18.3 Å². The number of benzene rings is 1. The summed E-state index contributed by atoms with van der Waals surface area (Å²) in [6, 6.07) is 8.38. The van der Waals surface area contributed by atoms with Gasteiger partial charge in [-0.1, -0.05) is 28.1 Å². The van der Waals surface area contributed by atoms with Crippen LogP contribution >= 0.6 is 15.9 Å². The normalized spacial score (nSPS) is 24.6. The zero-order valence-electron chi connectivity index (χ0n) is 10.1. The molecule has 1 aromatic carbocycles. The molecule has 0 aliphatic heterocycles. The molecule has 3 rings (SSSR count). The van der Waals surface area contributed by atoms with E-state index in [1.165, 1.54) is 30.6 Å². The van der Waals surface area contributed by atoms with E-state index in [0.29, 0.717) is 0 Å². The number of halogens is 1. The summed E-state index contributed by atoms with van der Waals surface area (Å²) in [5.41, 5.74) is 2.37. The van der Waals surface area contributed by atoms with Crippen LogP contribution in [0.5, 0.6) is 0 Å². The van der Waals surface area contributed by atoms with Gasteiger partial charge in [0.2, 0.25) is 0 Å². The number of rotatable bonds is 2. The van der Waals surface area contributed by atoms with Gasteiger partial charge in [-0.2, -0.15) is 0 Å². The zero-order chi connectivity index (χ0) is 11.8. The first-order valence-corrected chi connectivity index (χ1v) is 7.20. The highest BCUT2D eigenvalue weighted by Gasteiger charge is 2.24. The highest BCUT2D eigenvalue weighted by Crippen LogP contribution is 2.33. The molecule has 2 aromatic rings. The molecule has 0 spiro atoms. The van der Waals surface area contributed by atoms with Crippen molar-refractivity contribution >= 4 is 27.0 Å². The number of hydrogen-bond donors (Lipinski definition) is 0. The summed E-state index contributed by atoms with van der Waals surface area (Å²) in [5, 5.41) is 0. The molecule has 0 N–H and O–H groups in total. The monoisotopic (exact) mass is 292 g/mol. The van der Waals surface area contributed by atoms with E-state index >= 15 is 0 Å². The number of hydrogen-bond acceptors (Lipinski definition) is 1. The molecule has 3 heteroatoms. The number of fused-ring (bicyclic) bond motifs is 1. The minimum atomic E-state index is 0.724. The second kappa shape index (κ2) is 4.45. The van der Waals surface area contributed by atoms with Crippen molar-refractivity contribution < 1.29 is 0 Å². The van der Waals surface area contributed by atoms with E-state index in [0.717, 1.165) is 22.7 Å². The maximum atomic E-state index is 4.75. The molecule has 90 valence electrons. The summed E-state index contributed by atoms with van der Waals surface area (Å²) in [5.74, 6) is 2.03. The van der Waals surface area contributed by atoms with Crippen LogP contribution in [-0.4, -0.2) is 14.4 Å². The molecule has 1 heterocycles. The van der Waals surface area contributed by atoms with Crippen LogP contribution in [0, 0.1) is 5.92 Å². The van der Waals surface area contributed by atoms with E-state index in [1.807, 2.05) is 0 Å². The first-order valence-electron chi connectivity index (χ1n) is 6.28. The fraction of sp³-hybridized carbons (Fsp3) is 0.500. The number of para-hydroxylation sites is 2. The Hall–Kier alpha value is -0.830. The topological polar surface area (TPSA) is 17.8 Å². The van der Waals surface area contributed by atoms with E-state index in [2.05, 4.69) is 51.8 Å². The Morgan fingerprint density at radius 3 is 2.88 bits per heavy atom. The van der Waals surface area contributed by atoms with Gasteiger partial charge in [-0.3, -0.25) is 0 Å². The summed E-state index contributed by atoms with van der Waals surface area (Å²) in [7, 11) is 2.13. The molecule has 2 nitrogen and oxygen atoms in total. The Bertz CT molecular complexity index is 532. The van der Waals surface area contributed by atoms with Crippen molar-refractivity contribution in [1.82, 2.24) is 9.55 Å². The molecule has 17 heavy (non-hydrogen) atoms. The van der Waals surface area contributed by atoms with Crippen LogP contribution in [0.1, 0.15) is 25.1 Å². The number of nitrogens with zero attached hydrogens (tertiary/aromatic N) is 2. The lowest BCUT2D eigenvalue weighted by Crippen LogP contribution is -2.06. The van der Waals surface area contributed by atoms with Crippen LogP contribution in [0.25, 0.3) is 11.0 Å². The van der Waals surface area contributed by atoms with Crippen molar-refractivity contribution in [2.75, 3.05) is 0 Å². The summed E-state index contributed by atoms with van der Waals surface area (Å²) < 4.78 is 2.25. The first kappa shape index (κ1) is 11.3. The van der Waals surface area contributed by atoms with Crippen LogP contribution in [-0.2, 0) is 13.5 Å². The van der Waals surface area contributed by atoms with Gasteiger partial charge in [0.15, 0.2) is 0 Å². The lowest BCUT2D eigenvalue weighted by Gasteiger charge is -2.08. The second-order valence-electron chi connectivity index (χ2n) is 5.06. The maximum Gasteiger partial charge on any atom is 0.109 e. The van der Waals surface area contributed by atoms with Gasteiger partial charge in [0.1, 0.15) is 5.82 Å². The largest absolute Gasteiger partial charge is 0.331 e. The number of aryl methyl sites for hydroxylation is 1. The van der Waals surface area contributed by atoms with Gasteiger partial charge < -0.3 is 4.57 Å². The zero-order valence-corrected chi connectivity index (χ0v) is 11.7. The van der Waals surface area contributed by atoms with Crippen LogP contribution in [0.4, 0.5) is 0 Å². The molecule has 0 amide bonds. The third kappa shape index (κ3) is 2.13. The van der Waals surface area contributed by atoms with Gasteiger partial charge in [-0.15, -0.1) is 0 Å². The van der Waals surface area contributed by atoms with Gasteiger partial charge in [-0.05, 0) is 37.3 Å². The SMILES string of the molecule is Cn1c(CC2CCC(Br)C2)nc2ccccc21. The molecule has 1 saturated carbocycles. The van der Waals surface area contributed by atoms with Crippen LogP contribution in [0.15, 0.2) is 24.3 Å². The summed E-state index contributed by atoms with van der Waals surface area (Å²) in [4.78, 5) is 5.47. The first-order chi connectivity index (χ1) is 8.24. The second-order valence-corrected chi connectivity index (χ2v) is 6.35. The Morgan fingerprint density at radius 1 is 1.35 bits per heavy atom. The molecule has 0 radical (unpaired) electrons. The quantitative estimate of drug-likeness (QED) is 0.772. The standard InChI is InChI=1S/C14H17BrN2/c1-17-13-5-3-2-4-12(13)16-14(17)9-10-6-7-11(15)8-10/h2-5,10-11H,6-9H2,1H3. The Labute approximate surface area is 110 Å². The van der Waals surface area contributed by atoms with Gasteiger partial charge in [-0.25, -0.2) is 4.98 Å².